The van der Waals surface area contributed by atoms with Crippen molar-refractivity contribution in [3.05, 3.63) is 46.6 Å². The standard InChI is InChI=1S/C28H32O15/c1-10-18(32)21(35)23(37)27(39-10)43-26-22(36)19(33)16(9-29)41-28(26)42-25-20(34)17-14(31)7-13(38-2)8-15(17)40-24(25)11-4-3-5-12(30)6-11/h3-8,10,16,18-19,21-23,26-33,35-37H,9H2,1-2H3/t10-,16-,18+,19+,21+,22+,23-,26+,27+,28+/m1/s1. The van der Waals surface area contributed by atoms with E-state index in [0.29, 0.717) is 0 Å². The number of hydrogen-bond acceptors (Lipinski definition) is 15. The van der Waals surface area contributed by atoms with E-state index in [4.69, 9.17) is 28.1 Å². The van der Waals surface area contributed by atoms with E-state index >= 15 is 0 Å². The fraction of sp³-hybridized carbons (Fsp3) is 0.464. The zero-order valence-corrected chi connectivity index (χ0v) is 22.9. The molecular formula is C28H32O15. The maximum Gasteiger partial charge on any atom is 0.239 e. The van der Waals surface area contributed by atoms with Crippen molar-refractivity contribution in [2.24, 2.45) is 0 Å². The predicted molar refractivity (Wildman–Crippen MR) is 143 cm³/mol. The van der Waals surface area contributed by atoms with Crippen molar-refractivity contribution in [3.63, 3.8) is 0 Å². The molecule has 15 nitrogen and oxygen atoms in total. The lowest BCUT2D eigenvalue weighted by atomic mass is 9.97. The Kier molecular flexibility index (Phi) is 8.80. The molecule has 234 valence electrons. The van der Waals surface area contributed by atoms with Gasteiger partial charge in [-0.1, -0.05) is 12.1 Å². The number of ether oxygens (including phenoxy) is 5. The van der Waals surface area contributed by atoms with Crippen molar-refractivity contribution in [2.75, 3.05) is 13.7 Å². The summed E-state index contributed by atoms with van der Waals surface area (Å²) < 4.78 is 33.9. The highest BCUT2D eigenvalue weighted by atomic mass is 16.8. The van der Waals surface area contributed by atoms with Crippen molar-refractivity contribution < 1.29 is 69.0 Å². The first-order chi connectivity index (χ1) is 20.4. The van der Waals surface area contributed by atoms with Gasteiger partial charge >= 0.3 is 0 Å². The van der Waals surface area contributed by atoms with E-state index in [1.807, 2.05) is 0 Å². The Balaban J connectivity index is 1.61. The van der Waals surface area contributed by atoms with E-state index in [9.17, 15) is 45.6 Å². The van der Waals surface area contributed by atoms with E-state index in [1.54, 1.807) is 0 Å². The third kappa shape index (κ3) is 5.74. The third-order valence-corrected chi connectivity index (χ3v) is 7.41. The predicted octanol–water partition coefficient (Wildman–Crippen LogP) is -1.09. The van der Waals surface area contributed by atoms with Crippen LogP contribution in [0, 0.1) is 0 Å². The summed E-state index contributed by atoms with van der Waals surface area (Å²) in [5.74, 6) is -1.36. The van der Waals surface area contributed by atoms with Crippen LogP contribution in [0.5, 0.6) is 23.0 Å². The molecule has 3 aromatic rings. The van der Waals surface area contributed by atoms with E-state index < -0.39 is 84.9 Å². The molecule has 8 N–H and O–H groups in total. The second-order valence-corrected chi connectivity index (χ2v) is 10.3. The summed E-state index contributed by atoms with van der Waals surface area (Å²) >= 11 is 0. The topological polar surface area (TPSA) is 238 Å². The zero-order valence-electron chi connectivity index (χ0n) is 22.9. The molecule has 1 aromatic heterocycles. The fourth-order valence-electron chi connectivity index (χ4n) is 5.01. The van der Waals surface area contributed by atoms with Crippen molar-refractivity contribution in [1.82, 2.24) is 0 Å². The molecule has 2 fully saturated rings. The summed E-state index contributed by atoms with van der Waals surface area (Å²) in [6, 6.07) is 8.11. The highest BCUT2D eigenvalue weighted by molar-refractivity contribution is 5.88. The van der Waals surface area contributed by atoms with Crippen LogP contribution in [0.2, 0.25) is 0 Å². The highest BCUT2D eigenvalue weighted by Crippen LogP contribution is 2.38. The summed E-state index contributed by atoms with van der Waals surface area (Å²) in [5, 5.41) is 82.5. The van der Waals surface area contributed by atoms with Crippen LogP contribution < -0.4 is 14.9 Å². The first-order valence-corrected chi connectivity index (χ1v) is 13.3. The van der Waals surface area contributed by atoms with E-state index in [2.05, 4.69) is 0 Å². The summed E-state index contributed by atoms with van der Waals surface area (Å²) in [6.45, 7) is 0.611. The number of hydrogen-bond donors (Lipinski definition) is 8. The van der Waals surface area contributed by atoms with Gasteiger partial charge in [0.15, 0.2) is 18.2 Å². The molecule has 2 aliphatic heterocycles. The lowest BCUT2D eigenvalue weighted by molar-refractivity contribution is -0.354. The van der Waals surface area contributed by atoms with E-state index in [-0.39, 0.29) is 33.8 Å². The summed E-state index contributed by atoms with van der Waals surface area (Å²) in [4.78, 5) is 13.8. The average molecular weight is 609 g/mol. The number of aromatic hydroxyl groups is 2. The third-order valence-electron chi connectivity index (χ3n) is 7.41. The Morgan fingerprint density at radius 3 is 2.30 bits per heavy atom. The molecule has 0 amide bonds. The number of methoxy groups -OCH3 is 1. The molecule has 0 aliphatic carbocycles. The van der Waals surface area contributed by atoms with Crippen LogP contribution in [-0.2, 0) is 14.2 Å². The molecule has 0 saturated carbocycles. The second-order valence-electron chi connectivity index (χ2n) is 10.3. The number of benzene rings is 2. The Morgan fingerprint density at radius 2 is 1.63 bits per heavy atom. The summed E-state index contributed by atoms with van der Waals surface area (Å²) in [7, 11) is 1.34. The Bertz CT molecular complexity index is 1510. The number of aliphatic hydroxyl groups is 6. The van der Waals surface area contributed by atoms with E-state index in [1.165, 1.54) is 50.4 Å². The van der Waals surface area contributed by atoms with E-state index in [0.717, 1.165) is 0 Å². The molecule has 2 aromatic carbocycles. The lowest BCUT2D eigenvalue weighted by Gasteiger charge is -2.45. The van der Waals surface area contributed by atoms with Gasteiger partial charge in [0.1, 0.15) is 64.8 Å². The van der Waals surface area contributed by atoms with Gasteiger partial charge in [-0.15, -0.1) is 0 Å². The van der Waals surface area contributed by atoms with Crippen molar-refractivity contribution in [2.45, 2.75) is 68.3 Å². The molecule has 5 rings (SSSR count). The van der Waals surface area contributed by atoms with Crippen LogP contribution >= 0.6 is 0 Å². The van der Waals surface area contributed by atoms with Crippen molar-refractivity contribution in [1.29, 1.82) is 0 Å². The van der Waals surface area contributed by atoms with Crippen LogP contribution in [0.4, 0.5) is 0 Å². The van der Waals surface area contributed by atoms with Crippen LogP contribution in [0.1, 0.15) is 6.92 Å². The molecule has 3 heterocycles. The normalized spacial score (nSPS) is 32.9. The fourth-order valence-corrected chi connectivity index (χ4v) is 5.01. The minimum absolute atomic E-state index is 0.103. The SMILES string of the molecule is COc1cc(O)c2c(=O)c(O[C@@H]3O[C@H](CO)[C@H](O)[C@H](O)[C@@H]3O[C@@H]3O[C@H](C)[C@H](O)[C@H](O)[C@H]3O)c(-c3cccc(O)c3)oc2c1. The molecule has 0 bridgehead atoms. The van der Waals surface area contributed by atoms with Gasteiger partial charge in [-0.2, -0.15) is 0 Å². The van der Waals surface area contributed by atoms with Gasteiger partial charge in [-0.3, -0.25) is 4.79 Å². The molecule has 10 atom stereocenters. The first kappa shape index (κ1) is 30.9. The molecular weight excluding hydrogens is 576 g/mol. The lowest BCUT2D eigenvalue weighted by Crippen LogP contribution is -2.64. The minimum atomic E-state index is -1.86. The number of phenolic OH excluding ortho intramolecular Hbond substituents is 2. The largest absolute Gasteiger partial charge is 0.508 e. The molecule has 0 unspecified atom stereocenters. The van der Waals surface area contributed by atoms with Gasteiger partial charge < -0.3 is 69.0 Å². The van der Waals surface area contributed by atoms with Crippen LogP contribution in [0.15, 0.2) is 45.6 Å². The molecule has 15 heteroatoms. The first-order valence-electron chi connectivity index (χ1n) is 13.3. The molecule has 0 radical (unpaired) electrons. The number of fused-ring (bicyclic) bond motifs is 1. The Hall–Kier alpha value is -3.51. The average Bonchev–Trinajstić information content (AvgIpc) is 2.98. The van der Waals surface area contributed by atoms with Gasteiger partial charge in [-0.25, -0.2) is 0 Å². The Morgan fingerprint density at radius 1 is 0.884 bits per heavy atom. The second kappa shape index (κ2) is 12.2. The van der Waals surface area contributed by atoms with Crippen LogP contribution in [0.25, 0.3) is 22.3 Å². The molecule has 43 heavy (non-hydrogen) atoms. The minimum Gasteiger partial charge on any atom is -0.508 e. The quantitative estimate of drug-likeness (QED) is 0.159. The van der Waals surface area contributed by atoms with Crippen LogP contribution in [-0.4, -0.2) is 116 Å². The van der Waals surface area contributed by atoms with Gasteiger partial charge in [-0.05, 0) is 19.1 Å². The number of rotatable bonds is 7. The van der Waals surface area contributed by atoms with Gasteiger partial charge in [0, 0.05) is 17.7 Å². The summed E-state index contributed by atoms with van der Waals surface area (Å²) in [5.41, 5.74) is -0.862. The van der Waals surface area contributed by atoms with Gasteiger partial charge in [0.2, 0.25) is 17.5 Å². The van der Waals surface area contributed by atoms with Crippen molar-refractivity contribution >= 4 is 11.0 Å². The molecule has 2 aliphatic rings. The maximum atomic E-state index is 13.8. The van der Waals surface area contributed by atoms with Gasteiger partial charge in [0.25, 0.3) is 0 Å². The number of phenols is 2. The Labute approximate surface area is 243 Å². The monoisotopic (exact) mass is 608 g/mol. The summed E-state index contributed by atoms with van der Waals surface area (Å²) in [6.07, 6.45) is -16.2. The zero-order chi connectivity index (χ0) is 31.2. The highest BCUT2D eigenvalue weighted by Gasteiger charge is 2.51. The van der Waals surface area contributed by atoms with Crippen LogP contribution in [0.3, 0.4) is 0 Å². The smallest absolute Gasteiger partial charge is 0.239 e. The molecule has 2 saturated heterocycles. The maximum absolute atomic E-state index is 13.8. The number of aliphatic hydroxyl groups excluding tert-OH is 6. The van der Waals surface area contributed by atoms with Gasteiger partial charge in [0.05, 0.1) is 19.8 Å². The van der Waals surface area contributed by atoms with Crippen molar-refractivity contribution in [3.8, 4) is 34.3 Å². The molecule has 0 spiro atoms.